The predicted octanol–water partition coefficient (Wildman–Crippen LogP) is 3.97. The van der Waals surface area contributed by atoms with Crippen LogP contribution in [0.25, 0.3) is 11.1 Å². The van der Waals surface area contributed by atoms with Gasteiger partial charge in [-0.3, -0.25) is 4.79 Å². The lowest BCUT2D eigenvalue weighted by Gasteiger charge is -2.05. The number of aryl methyl sites for hydroxylation is 1. The Morgan fingerprint density at radius 2 is 1.92 bits per heavy atom. The lowest BCUT2D eigenvalue weighted by molar-refractivity contribution is -0.116. The zero-order valence-corrected chi connectivity index (χ0v) is 14.1. The van der Waals surface area contributed by atoms with E-state index in [0.29, 0.717) is 24.4 Å². The molecule has 1 heterocycles. The first-order valence-corrected chi connectivity index (χ1v) is 8.61. The Kier molecular flexibility index (Phi) is 4.16. The third-order valence-corrected chi connectivity index (χ3v) is 4.46. The van der Waals surface area contributed by atoms with Gasteiger partial charge in [0.25, 0.3) is 0 Å². The molecule has 1 fully saturated rings. The molecule has 0 radical (unpaired) electrons. The summed E-state index contributed by atoms with van der Waals surface area (Å²) in [6, 6.07) is 12.0. The van der Waals surface area contributed by atoms with Crippen LogP contribution in [0.4, 0.5) is 5.69 Å². The van der Waals surface area contributed by atoms with Crippen molar-refractivity contribution in [1.82, 2.24) is 4.98 Å². The first-order chi connectivity index (χ1) is 12.6. The quantitative estimate of drug-likeness (QED) is 0.701. The number of benzene rings is 2. The maximum absolute atomic E-state index is 12.2. The summed E-state index contributed by atoms with van der Waals surface area (Å²) < 4.78 is 5.72. The summed E-state index contributed by atoms with van der Waals surface area (Å²) in [5.41, 5.74) is 3.35. The Labute approximate surface area is 149 Å². The van der Waals surface area contributed by atoms with Crippen LogP contribution in [0.2, 0.25) is 0 Å². The molecule has 132 valence electrons. The van der Waals surface area contributed by atoms with Gasteiger partial charge in [-0.25, -0.2) is 9.78 Å². The van der Waals surface area contributed by atoms with E-state index in [9.17, 15) is 9.59 Å². The number of carboxylic acids is 1. The molecule has 1 aliphatic rings. The van der Waals surface area contributed by atoms with E-state index in [0.717, 1.165) is 35.4 Å². The number of carbonyl (C=O) groups excluding carboxylic acids is 1. The molecule has 6 nitrogen and oxygen atoms in total. The number of amides is 1. The summed E-state index contributed by atoms with van der Waals surface area (Å²) in [5, 5.41) is 11.8. The number of nitrogens with zero attached hydrogens (tertiary/aromatic N) is 1. The number of fused-ring (bicyclic) bond motifs is 1. The van der Waals surface area contributed by atoms with Crippen LogP contribution in [0.1, 0.15) is 47.0 Å². The number of aromatic carboxylic acids is 1. The van der Waals surface area contributed by atoms with Crippen LogP contribution in [0.15, 0.2) is 46.9 Å². The minimum Gasteiger partial charge on any atom is -0.478 e. The van der Waals surface area contributed by atoms with Crippen LogP contribution in [0.5, 0.6) is 0 Å². The average molecular weight is 350 g/mol. The Hall–Kier alpha value is -3.15. The highest BCUT2D eigenvalue weighted by Crippen LogP contribution is 2.40. The molecule has 1 amide bonds. The second-order valence-corrected chi connectivity index (χ2v) is 6.56. The molecule has 0 bridgehead atoms. The summed E-state index contributed by atoms with van der Waals surface area (Å²) in [4.78, 5) is 27.5. The Morgan fingerprint density at radius 3 is 2.62 bits per heavy atom. The third-order valence-electron chi connectivity index (χ3n) is 4.46. The Balaban J connectivity index is 1.36. The van der Waals surface area contributed by atoms with E-state index in [1.54, 1.807) is 24.3 Å². The summed E-state index contributed by atoms with van der Waals surface area (Å²) in [6.45, 7) is 0. The summed E-state index contributed by atoms with van der Waals surface area (Å²) in [6.07, 6.45) is 3.12. The van der Waals surface area contributed by atoms with Crippen LogP contribution in [0.3, 0.4) is 0 Å². The van der Waals surface area contributed by atoms with E-state index >= 15 is 0 Å². The molecule has 0 atom stereocenters. The maximum atomic E-state index is 12.2. The molecule has 4 rings (SSSR count). The fraction of sp³-hybridized carbons (Fsp3) is 0.250. The Bertz CT molecular complexity index is 971. The van der Waals surface area contributed by atoms with Gasteiger partial charge in [0.05, 0.1) is 5.56 Å². The number of carbonyl (C=O) groups is 2. The second kappa shape index (κ2) is 6.63. The van der Waals surface area contributed by atoms with E-state index in [1.807, 2.05) is 18.2 Å². The van der Waals surface area contributed by atoms with Crippen LogP contribution in [-0.2, 0) is 11.2 Å². The van der Waals surface area contributed by atoms with E-state index in [1.165, 1.54) is 0 Å². The van der Waals surface area contributed by atoms with Crippen molar-refractivity contribution in [2.24, 2.45) is 0 Å². The third kappa shape index (κ3) is 3.59. The number of carboxylic acid groups (broad SMARTS) is 1. The average Bonchev–Trinajstić information content (AvgIpc) is 3.40. The molecular formula is C20H18N2O4. The van der Waals surface area contributed by atoms with Gasteiger partial charge in [0.1, 0.15) is 5.52 Å². The highest BCUT2D eigenvalue weighted by atomic mass is 16.4. The van der Waals surface area contributed by atoms with Gasteiger partial charge in [-0.2, -0.15) is 0 Å². The molecule has 3 aromatic rings. The standard InChI is InChI=1S/C20H18N2O4/c23-18(10-3-12-1-4-14(5-2-12)20(24)25)21-15-8-9-17-16(11-15)22-19(26-17)13-6-7-13/h1-2,4-5,8-9,11,13H,3,6-7,10H2,(H,21,23)(H,24,25). The van der Waals surface area contributed by atoms with Crippen molar-refractivity contribution in [3.8, 4) is 0 Å². The van der Waals surface area contributed by atoms with Crippen molar-refractivity contribution < 1.29 is 19.1 Å². The predicted molar refractivity (Wildman–Crippen MR) is 96.3 cm³/mol. The van der Waals surface area contributed by atoms with Gasteiger partial charge in [0.15, 0.2) is 11.5 Å². The van der Waals surface area contributed by atoms with E-state index in [2.05, 4.69) is 10.3 Å². The summed E-state index contributed by atoms with van der Waals surface area (Å²) in [5.74, 6) is 0.182. The molecular weight excluding hydrogens is 332 g/mol. The molecule has 0 aliphatic heterocycles. The summed E-state index contributed by atoms with van der Waals surface area (Å²) in [7, 11) is 0. The maximum Gasteiger partial charge on any atom is 0.335 e. The van der Waals surface area contributed by atoms with Crippen molar-refractivity contribution in [3.05, 3.63) is 59.5 Å². The van der Waals surface area contributed by atoms with Gasteiger partial charge in [-0.1, -0.05) is 12.1 Å². The molecule has 2 aromatic carbocycles. The lowest BCUT2D eigenvalue weighted by Crippen LogP contribution is -2.12. The molecule has 1 saturated carbocycles. The Morgan fingerprint density at radius 1 is 1.15 bits per heavy atom. The van der Waals surface area contributed by atoms with E-state index < -0.39 is 5.97 Å². The van der Waals surface area contributed by atoms with Crippen LogP contribution >= 0.6 is 0 Å². The van der Waals surface area contributed by atoms with Crippen LogP contribution in [-0.4, -0.2) is 22.0 Å². The molecule has 1 aliphatic carbocycles. The van der Waals surface area contributed by atoms with Crippen molar-refractivity contribution >= 4 is 28.7 Å². The van der Waals surface area contributed by atoms with E-state index in [-0.39, 0.29) is 11.5 Å². The van der Waals surface area contributed by atoms with Crippen LogP contribution in [0, 0.1) is 0 Å². The van der Waals surface area contributed by atoms with Gasteiger partial charge < -0.3 is 14.8 Å². The number of oxazole rings is 1. The minimum atomic E-state index is -0.956. The molecule has 2 N–H and O–H groups in total. The number of hydrogen-bond acceptors (Lipinski definition) is 4. The van der Waals surface area contributed by atoms with E-state index in [4.69, 9.17) is 9.52 Å². The van der Waals surface area contributed by atoms with Crippen molar-refractivity contribution in [3.63, 3.8) is 0 Å². The number of nitrogens with one attached hydrogen (secondary N) is 1. The van der Waals surface area contributed by atoms with Gasteiger partial charge >= 0.3 is 5.97 Å². The number of hydrogen-bond donors (Lipinski definition) is 2. The topological polar surface area (TPSA) is 92.4 Å². The highest BCUT2D eigenvalue weighted by molar-refractivity contribution is 5.93. The van der Waals surface area contributed by atoms with Gasteiger partial charge in [-0.05, 0) is 55.2 Å². The SMILES string of the molecule is O=C(CCc1ccc(C(=O)O)cc1)Nc1ccc2oc(C3CC3)nc2c1. The van der Waals surface area contributed by atoms with Gasteiger partial charge in [0, 0.05) is 18.0 Å². The summed E-state index contributed by atoms with van der Waals surface area (Å²) >= 11 is 0. The second-order valence-electron chi connectivity index (χ2n) is 6.56. The van der Waals surface area contributed by atoms with Crippen LogP contribution < -0.4 is 5.32 Å². The monoisotopic (exact) mass is 350 g/mol. The lowest BCUT2D eigenvalue weighted by atomic mass is 10.1. The smallest absolute Gasteiger partial charge is 0.335 e. The molecule has 0 saturated heterocycles. The first-order valence-electron chi connectivity index (χ1n) is 8.61. The molecule has 26 heavy (non-hydrogen) atoms. The van der Waals surface area contributed by atoms with Gasteiger partial charge in [0.2, 0.25) is 5.91 Å². The van der Waals surface area contributed by atoms with Crippen molar-refractivity contribution in [2.45, 2.75) is 31.6 Å². The fourth-order valence-corrected chi connectivity index (χ4v) is 2.82. The first kappa shape index (κ1) is 16.3. The normalized spacial score (nSPS) is 13.7. The fourth-order valence-electron chi connectivity index (χ4n) is 2.82. The number of aromatic nitrogens is 1. The van der Waals surface area contributed by atoms with Crippen molar-refractivity contribution in [1.29, 1.82) is 0 Å². The number of rotatable bonds is 6. The van der Waals surface area contributed by atoms with Crippen molar-refractivity contribution in [2.75, 3.05) is 5.32 Å². The zero-order chi connectivity index (χ0) is 18.1. The molecule has 0 unspecified atom stereocenters. The molecule has 6 heteroatoms. The molecule has 1 aromatic heterocycles. The zero-order valence-electron chi connectivity index (χ0n) is 14.1. The highest BCUT2D eigenvalue weighted by Gasteiger charge is 2.28. The largest absolute Gasteiger partial charge is 0.478 e. The number of anilines is 1. The minimum absolute atomic E-state index is 0.0995. The van der Waals surface area contributed by atoms with Gasteiger partial charge in [-0.15, -0.1) is 0 Å². The molecule has 0 spiro atoms.